The van der Waals surface area contributed by atoms with E-state index in [2.05, 4.69) is 27.0 Å². The van der Waals surface area contributed by atoms with Crippen LogP contribution in [0.1, 0.15) is 34.4 Å². The van der Waals surface area contributed by atoms with E-state index in [1.54, 1.807) is 11.3 Å². The van der Waals surface area contributed by atoms with E-state index in [1.807, 2.05) is 30.5 Å². The molecule has 0 saturated carbocycles. The van der Waals surface area contributed by atoms with E-state index < -0.39 is 0 Å². The lowest BCUT2D eigenvalue weighted by molar-refractivity contribution is 0.696. The largest absolute Gasteiger partial charge is 0.244 e. The standard InChI is InChI=1S/C16H13BrN2S/c17-12-5-3-4-11(8-12)10-19-16-14(9-18)13-6-1-2-7-15(13)20-16/h3-5,8,10H,1-2,6-7H2/b19-10+. The van der Waals surface area contributed by atoms with Gasteiger partial charge in [0.05, 0.1) is 5.56 Å². The summed E-state index contributed by atoms with van der Waals surface area (Å²) in [6, 6.07) is 10.3. The summed E-state index contributed by atoms with van der Waals surface area (Å²) in [5.74, 6) is 0. The van der Waals surface area contributed by atoms with Gasteiger partial charge in [0, 0.05) is 15.6 Å². The summed E-state index contributed by atoms with van der Waals surface area (Å²) in [6.45, 7) is 0. The maximum Gasteiger partial charge on any atom is 0.134 e. The fourth-order valence-corrected chi connectivity index (χ4v) is 4.08. The molecule has 2 aromatic rings. The third-order valence-corrected chi connectivity index (χ3v) is 5.14. The van der Waals surface area contributed by atoms with Crippen molar-refractivity contribution in [2.24, 2.45) is 4.99 Å². The number of thiophene rings is 1. The Balaban J connectivity index is 1.95. The number of aryl methyl sites for hydroxylation is 1. The molecule has 0 saturated heterocycles. The van der Waals surface area contributed by atoms with Gasteiger partial charge in [-0.15, -0.1) is 11.3 Å². The molecule has 20 heavy (non-hydrogen) atoms. The van der Waals surface area contributed by atoms with Crippen molar-refractivity contribution >= 4 is 38.5 Å². The van der Waals surface area contributed by atoms with E-state index in [9.17, 15) is 5.26 Å². The zero-order valence-corrected chi connectivity index (χ0v) is 13.3. The van der Waals surface area contributed by atoms with E-state index in [1.165, 1.54) is 23.3 Å². The summed E-state index contributed by atoms with van der Waals surface area (Å²) < 4.78 is 1.03. The molecule has 2 nitrogen and oxygen atoms in total. The van der Waals surface area contributed by atoms with Crippen LogP contribution in [0.4, 0.5) is 5.00 Å². The monoisotopic (exact) mass is 344 g/mol. The van der Waals surface area contributed by atoms with E-state index in [0.717, 1.165) is 33.4 Å². The first-order chi connectivity index (χ1) is 9.78. The highest BCUT2D eigenvalue weighted by Crippen LogP contribution is 2.39. The summed E-state index contributed by atoms with van der Waals surface area (Å²) in [7, 11) is 0. The highest BCUT2D eigenvalue weighted by Gasteiger charge is 2.19. The number of fused-ring (bicyclic) bond motifs is 1. The number of aliphatic imine (C=N–C) groups is 1. The Kier molecular flexibility index (Phi) is 4.00. The molecule has 0 fully saturated rings. The fourth-order valence-electron chi connectivity index (χ4n) is 2.48. The molecular formula is C16H13BrN2S. The molecule has 3 rings (SSSR count). The van der Waals surface area contributed by atoms with Crippen LogP contribution in [0.2, 0.25) is 0 Å². The molecule has 100 valence electrons. The summed E-state index contributed by atoms with van der Waals surface area (Å²) in [5, 5.41) is 10.2. The molecule has 1 aliphatic rings. The van der Waals surface area contributed by atoms with Gasteiger partial charge in [0.15, 0.2) is 0 Å². The second-order valence-electron chi connectivity index (χ2n) is 4.82. The Hall–Kier alpha value is -1.44. The minimum atomic E-state index is 0.788. The topological polar surface area (TPSA) is 36.1 Å². The van der Waals surface area contributed by atoms with Crippen LogP contribution in [0.25, 0.3) is 0 Å². The van der Waals surface area contributed by atoms with Crippen molar-refractivity contribution in [3.05, 3.63) is 50.3 Å². The minimum absolute atomic E-state index is 0.788. The Morgan fingerprint density at radius 1 is 1.30 bits per heavy atom. The Morgan fingerprint density at radius 3 is 2.95 bits per heavy atom. The highest BCUT2D eigenvalue weighted by molar-refractivity contribution is 9.10. The number of hydrogen-bond acceptors (Lipinski definition) is 3. The van der Waals surface area contributed by atoms with Crippen molar-refractivity contribution in [2.45, 2.75) is 25.7 Å². The maximum absolute atomic E-state index is 9.38. The zero-order valence-electron chi connectivity index (χ0n) is 10.9. The normalized spacial score (nSPS) is 14.2. The first-order valence-electron chi connectivity index (χ1n) is 6.62. The van der Waals surface area contributed by atoms with Crippen LogP contribution in [0.5, 0.6) is 0 Å². The predicted molar refractivity (Wildman–Crippen MR) is 87.1 cm³/mol. The van der Waals surface area contributed by atoms with Crippen molar-refractivity contribution in [3.63, 3.8) is 0 Å². The Morgan fingerprint density at radius 2 is 2.15 bits per heavy atom. The van der Waals surface area contributed by atoms with Gasteiger partial charge in [-0.25, -0.2) is 4.99 Å². The molecule has 1 aromatic heterocycles. The molecule has 1 aromatic carbocycles. The SMILES string of the molecule is N#Cc1c(/N=C/c2cccc(Br)c2)sc2c1CCCC2. The quantitative estimate of drug-likeness (QED) is 0.705. The number of nitriles is 1. The molecule has 0 amide bonds. The molecule has 4 heteroatoms. The second-order valence-corrected chi connectivity index (χ2v) is 6.82. The number of hydrogen-bond donors (Lipinski definition) is 0. The van der Waals surface area contributed by atoms with Gasteiger partial charge in [-0.3, -0.25) is 0 Å². The first kappa shape index (κ1) is 13.5. The first-order valence-corrected chi connectivity index (χ1v) is 8.23. The number of benzene rings is 1. The summed E-state index contributed by atoms with van der Waals surface area (Å²) in [4.78, 5) is 5.90. The van der Waals surface area contributed by atoms with Crippen molar-refractivity contribution in [1.29, 1.82) is 5.26 Å². The molecule has 0 aliphatic heterocycles. The van der Waals surface area contributed by atoms with Crippen LogP contribution in [0.15, 0.2) is 33.7 Å². The molecule has 0 N–H and O–H groups in total. The maximum atomic E-state index is 9.38. The average molecular weight is 345 g/mol. The lowest BCUT2D eigenvalue weighted by Crippen LogP contribution is -1.99. The molecular weight excluding hydrogens is 332 g/mol. The van der Waals surface area contributed by atoms with Crippen LogP contribution < -0.4 is 0 Å². The van der Waals surface area contributed by atoms with E-state index in [4.69, 9.17) is 0 Å². The lowest BCUT2D eigenvalue weighted by Gasteiger charge is -2.09. The molecule has 0 bridgehead atoms. The van der Waals surface area contributed by atoms with E-state index in [-0.39, 0.29) is 0 Å². The average Bonchev–Trinajstić information content (AvgIpc) is 2.82. The molecule has 1 aliphatic carbocycles. The van der Waals surface area contributed by atoms with Crippen LogP contribution in [0.3, 0.4) is 0 Å². The second kappa shape index (κ2) is 5.90. The molecule has 0 spiro atoms. The molecule has 0 atom stereocenters. The highest BCUT2D eigenvalue weighted by atomic mass is 79.9. The lowest BCUT2D eigenvalue weighted by atomic mass is 9.96. The third kappa shape index (κ3) is 2.70. The van der Waals surface area contributed by atoms with E-state index in [0.29, 0.717) is 0 Å². The van der Waals surface area contributed by atoms with Crippen molar-refractivity contribution in [1.82, 2.24) is 0 Å². The molecule has 0 unspecified atom stereocenters. The van der Waals surface area contributed by atoms with Crippen LogP contribution >= 0.6 is 27.3 Å². The Labute approximate surface area is 130 Å². The zero-order chi connectivity index (χ0) is 13.9. The summed E-state index contributed by atoms with van der Waals surface area (Å²) in [6.07, 6.45) is 6.38. The van der Waals surface area contributed by atoms with Crippen LogP contribution in [-0.2, 0) is 12.8 Å². The van der Waals surface area contributed by atoms with Gasteiger partial charge in [0.2, 0.25) is 0 Å². The fraction of sp³-hybridized carbons (Fsp3) is 0.250. The van der Waals surface area contributed by atoms with Gasteiger partial charge >= 0.3 is 0 Å². The number of rotatable bonds is 2. The van der Waals surface area contributed by atoms with Gasteiger partial charge in [0.25, 0.3) is 0 Å². The predicted octanol–water partition coefficient (Wildman–Crippen LogP) is 5.01. The van der Waals surface area contributed by atoms with Gasteiger partial charge < -0.3 is 0 Å². The van der Waals surface area contributed by atoms with Crippen molar-refractivity contribution < 1.29 is 0 Å². The molecule has 0 radical (unpaired) electrons. The van der Waals surface area contributed by atoms with Crippen LogP contribution in [0, 0.1) is 11.3 Å². The summed E-state index contributed by atoms with van der Waals surface area (Å²) >= 11 is 5.13. The van der Waals surface area contributed by atoms with Gasteiger partial charge in [0.1, 0.15) is 11.1 Å². The summed E-state index contributed by atoms with van der Waals surface area (Å²) in [5.41, 5.74) is 3.07. The Bertz CT molecular complexity index is 710. The van der Waals surface area contributed by atoms with Crippen molar-refractivity contribution in [2.75, 3.05) is 0 Å². The smallest absolute Gasteiger partial charge is 0.134 e. The third-order valence-electron chi connectivity index (χ3n) is 3.44. The molecule has 1 heterocycles. The van der Waals surface area contributed by atoms with Gasteiger partial charge in [-0.1, -0.05) is 28.1 Å². The number of nitrogens with zero attached hydrogens (tertiary/aromatic N) is 2. The van der Waals surface area contributed by atoms with E-state index >= 15 is 0 Å². The van der Waals surface area contributed by atoms with Crippen molar-refractivity contribution in [3.8, 4) is 6.07 Å². The van der Waals surface area contributed by atoms with Gasteiger partial charge in [-0.05, 0) is 48.9 Å². The number of halogens is 1. The van der Waals surface area contributed by atoms with Gasteiger partial charge in [-0.2, -0.15) is 5.26 Å². The van der Waals surface area contributed by atoms with Crippen LogP contribution in [-0.4, -0.2) is 6.21 Å². The minimum Gasteiger partial charge on any atom is -0.244 e.